The van der Waals surface area contributed by atoms with Crippen molar-refractivity contribution in [2.45, 2.75) is 0 Å². The van der Waals surface area contributed by atoms with Gasteiger partial charge in [-0.25, -0.2) is 0 Å². The van der Waals surface area contributed by atoms with E-state index in [1.165, 1.54) is 0 Å². The molecule has 0 aromatic heterocycles. The smallest absolute Gasteiger partial charge is 0.148 e. The lowest BCUT2D eigenvalue weighted by atomic mass is 10.3. The summed E-state index contributed by atoms with van der Waals surface area (Å²) < 4.78 is 5.24. The Morgan fingerprint density at radius 1 is 1.38 bits per heavy atom. The molecule has 16 heavy (non-hydrogen) atoms. The molecule has 4 N–H and O–H groups in total. The predicted octanol–water partition coefficient (Wildman–Crippen LogP) is -0.795. The molecule has 0 spiro atoms. The lowest BCUT2D eigenvalue weighted by Crippen LogP contribution is -2.44. The second-order valence-electron chi connectivity index (χ2n) is 3.85. The highest BCUT2D eigenvalue weighted by Crippen LogP contribution is 2.06. The molecule has 0 radical (unpaired) electrons. The lowest BCUT2D eigenvalue weighted by molar-refractivity contribution is 0.0678. The van der Waals surface area contributed by atoms with Gasteiger partial charge >= 0.3 is 0 Å². The molecule has 1 aliphatic heterocycles. The Bertz CT molecular complexity index is 281. The largest absolute Gasteiger partial charge is 0.393 e. The van der Waals surface area contributed by atoms with Crippen molar-refractivity contribution in [3.8, 4) is 0 Å². The van der Waals surface area contributed by atoms with Crippen molar-refractivity contribution in [2.24, 2.45) is 5.73 Å². The van der Waals surface area contributed by atoms with Gasteiger partial charge in [0.05, 0.1) is 13.2 Å². The Kier molecular flexibility index (Phi) is 4.42. The molecule has 0 aromatic carbocycles. The van der Waals surface area contributed by atoms with Crippen molar-refractivity contribution in [3.63, 3.8) is 0 Å². The summed E-state index contributed by atoms with van der Waals surface area (Å²) in [6.07, 6.45) is 0. The van der Waals surface area contributed by atoms with Crippen molar-refractivity contribution < 1.29 is 4.74 Å². The van der Waals surface area contributed by atoms with Crippen LogP contribution in [0.3, 0.4) is 0 Å². The molecule has 0 unspecified atom stereocenters. The Labute approximate surface area is 96.5 Å². The van der Waals surface area contributed by atoms with Crippen LogP contribution in [0.2, 0.25) is 0 Å². The van der Waals surface area contributed by atoms with Gasteiger partial charge in [-0.1, -0.05) is 0 Å². The van der Waals surface area contributed by atoms with Gasteiger partial charge in [0, 0.05) is 34.2 Å². The van der Waals surface area contributed by atoms with Gasteiger partial charge in [-0.05, 0) is 0 Å². The van der Waals surface area contributed by atoms with E-state index in [1.54, 1.807) is 7.05 Å². The summed E-state index contributed by atoms with van der Waals surface area (Å²) in [6.45, 7) is 2.77. The van der Waals surface area contributed by atoms with Crippen LogP contribution in [0.4, 0.5) is 0 Å². The van der Waals surface area contributed by atoms with E-state index in [9.17, 15) is 0 Å². The molecule has 1 saturated heterocycles. The summed E-state index contributed by atoms with van der Waals surface area (Å²) in [5.41, 5.74) is 6.44. The Hall–Kier alpha value is -1.43. The highest BCUT2D eigenvalue weighted by atomic mass is 16.5. The van der Waals surface area contributed by atoms with Gasteiger partial charge in [0.25, 0.3) is 0 Å². The van der Waals surface area contributed by atoms with Crippen LogP contribution in [0, 0.1) is 5.41 Å². The fraction of sp³-hybridized carbons (Fsp3) is 0.700. The molecule has 0 bridgehead atoms. The molecular formula is C10H21N5O. The molecule has 92 valence electrons. The van der Waals surface area contributed by atoms with Gasteiger partial charge in [-0.3, -0.25) is 5.41 Å². The minimum absolute atomic E-state index is 0.362. The van der Waals surface area contributed by atoms with E-state index in [2.05, 4.69) is 5.32 Å². The second-order valence-corrected chi connectivity index (χ2v) is 3.85. The fourth-order valence-corrected chi connectivity index (χ4v) is 1.67. The molecule has 0 amide bonds. The molecule has 6 heteroatoms. The minimum atomic E-state index is 0.362. The SMILES string of the molecule is CN/C(=C(/N)C(=N)N1CCOCC1)N(C)C. The maximum Gasteiger partial charge on any atom is 0.148 e. The van der Waals surface area contributed by atoms with Gasteiger partial charge in [-0.2, -0.15) is 0 Å². The monoisotopic (exact) mass is 227 g/mol. The molecule has 1 fully saturated rings. The molecule has 1 rings (SSSR count). The van der Waals surface area contributed by atoms with E-state index in [4.69, 9.17) is 15.9 Å². The summed E-state index contributed by atoms with van der Waals surface area (Å²) in [6, 6.07) is 0. The van der Waals surface area contributed by atoms with Gasteiger partial charge in [0.1, 0.15) is 17.4 Å². The van der Waals surface area contributed by atoms with E-state index < -0.39 is 0 Å². The molecule has 0 aromatic rings. The Morgan fingerprint density at radius 2 is 1.94 bits per heavy atom. The topological polar surface area (TPSA) is 77.6 Å². The van der Waals surface area contributed by atoms with Crippen molar-refractivity contribution in [3.05, 3.63) is 11.5 Å². The highest BCUT2D eigenvalue weighted by molar-refractivity contribution is 5.95. The predicted molar refractivity (Wildman–Crippen MR) is 64.1 cm³/mol. The van der Waals surface area contributed by atoms with Crippen molar-refractivity contribution >= 4 is 5.84 Å². The third kappa shape index (κ3) is 2.79. The van der Waals surface area contributed by atoms with Crippen LogP contribution in [0.15, 0.2) is 11.5 Å². The van der Waals surface area contributed by atoms with E-state index in [0.29, 0.717) is 24.7 Å². The summed E-state index contributed by atoms with van der Waals surface area (Å²) in [5.74, 6) is 1.12. The van der Waals surface area contributed by atoms with Gasteiger partial charge in [-0.15, -0.1) is 0 Å². The summed E-state index contributed by atoms with van der Waals surface area (Å²) >= 11 is 0. The van der Waals surface area contributed by atoms with Gasteiger partial charge < -0.3 is 25.6 Å². The number of nitrogens with one attached hydrogen (secondary N) is 2. The van der Waals surface area contributed by atoms with Crippen LogP contribution in [-0.2, 0) is 4.74 Å². The van der Waals surface area contributed by atoms with Crippen molar-refractivity contribution in [1.82, 2.24) is 15.1 Å². The standard InChI is InChI=1S/C10H21N5O/c1-13-10(14(2)3)8(11)9(12)15-4-6-16-7-5-15/h12-13H,4-7,11H2,1-3H3/b10-8-,12-9?. The fourth-order valence-electron chi connectivity index (χ4n) is 1.67. The number of hydrogen-bond donors (Lipinski definition) is 3. The number of amidine groups is 1. The third-order valence-electron chi connectivity index (χ3n) is 2.52. The Morgan fingerprint density at radius 3 is 2.38 bits per heavy atom. The van der Waals surface area contributed by atoms with Crippen LogP contribution in [0.25, 0.3) is 0 Å². The van der Waals surface area contributed by atoms with Crippen LogP contribution < -0.4 is 11.1 Å². The summed E-state index contributed by atoms with van der Waals surface area (Å²) in [5, 5.41) is 11.0. The average Bonchev–Trinajstić information content (AvgIpc) is 2.29. The lowest BCUT2D eigenvalue weighted by Gasteiger charge is -2.30. The zero-order valence-corrected chi connectivity index (χ0v) is 10.2. The number of morpholine rings is 1. The number of rotatable bonds is 3. The molecule has 1 aliphatic rings. The van der Waals surface area contributed by atoms with E-state index in [-0.39, 0.29) is 0 Å². The van der Waals surface area contributed by atoms with E-state index in [0.717, 1.165) is 18.9 Å². The number of nitrogens with zero attached hydrogens (tertiary/aromatic N) is 2. The Balaban J connectivity index is 2.77. The molecule has 0 aliphatic carbocycles. The molecule has 6 nitrogen and oxygen atoms in total. The zero-order valence-electron chi connectivity index (χ0n) is 10.2. The van der Waals surface area contributed by atoms with Gasteiger partial charge in [0.2, 0.25) is 0 Å². The highest BCUT2D eigenvalue weighted by Gasteiger charge is 2.18. The van der Waals surface area contributed by atoms with Crippen LogP contribution in [-0.4, -0.2) is 63.1 Å². The molecular weight excluding hydrogens is 206 g/mol. The maximum absolute atomic E-state index is 8.04. The van der Waals surface area contributed by atoms with E-state index >= 15 is 0 Å². The van der Waals surface area contributed by atoms with Crippen LogP contribution in [0.1, 0.15) is 0 Å². The normalized spacial score (nSPS) is 17.8. The first-order chi connectivity index (χ1) is 7.57. The number of nitrogens with two attached hydrogens (primary N) is 1. The first-order valence-electron chi connectivity index (χ1n) is 5.34. The quantitative estimate of drug-likeness (QED) is 0.435. The minimum Gasteiger partial charge on any atom is -0.393 e. The summed E-state index contributed by atoms with van der Waals surface area (Å²) in [7, 11) is 5.59. The van der Waals surface area contributed by atoms with Gasteiger partial charge in [0.15, 0.2) is 0 Å². The van der Waals surface area contributed by atoms with Crippen molar-refractivity contribution in [1.29, 1.82) is 5.41 Å². The van der Waals surface area contributed by atoms with E-state index in [1.807, 2.05) is 23.9 Å². The maximum atomic E-state index is 8.04. The van der Waals surface area contributed by atoms with Crippen LogP contribution in [0.5, 0.6) is 0 Å². The number of hydrogen-bond acceptors (Lipinski definition) is 5. The molecule has 0 saturated carbocycles. The van der Waals surface area contributed by atoms with Crippen LogP contribution >= 0.6 is 0 Å². The second kappa shape index (κ2) is 5.60. The molecule has 0 atom stereocenters. The van der Waals surface area contributed by atoms with Crippen molar-refractivity contribution in [2.75, 3.05) is 47.4 Å². The number of ether oxygens (including phenoxy) is 1. The first kappa shape index (κ1) is 12.6. The first-order valence-corrected chi connectivity index (χ1v) is 5.34. The zero-order chi connectivity index (χ0) is 12.1. The molecule has 1 heterocycles. The summed E-state index contributed by atoms with van der Waals surface area (Å²) in [4.78, 5) is 3.80. The third-order valence-corrected chi connectivity index (χ3v) is 2.52. The average molecular weight is 227 g/mol.